The van der Waals surface area contributed by atoms with Crippen molar-refractivity contribution >= 4 is 28.9 Å². The molecular weight excluding hydrogens is 498 g/mol. The molecule has 0 radical (unpaired) electrons. The van der Waals surface area contributed by atoms with Crippen LogP contribution in [0, 0.1) is 28.6 Å². The van der Waals surface area contributed by atoms with Gasteiger partial charge in [0.2, 0.25) is 5.91 Å². The monoisotopic (exact) mass is 533 g/mol. The number of benzene rings is 3. The lowest BCUT2D eigenvalue weighted by molar-refractivity contribution is -0.123. The largest absolute Gasteiger partial charge is 0.370 e. The summed E-state index contributed by atoms with van der Waals surface area (Å²) in [6, 6.07) is 24.3. The molecule has 3 atom stereocenters. The quantitative estimate of drug-likeness (QED) is 0.495. The Morgan fingerprint density at radius 3 is 2.23 bits per heavy atom. The molecule has 3 aromatic carbocycles. The molecule has 3 heterocycles. The van der Waals surface area contributed by atoms with E-state index in [4.69, 9.17) is 0 Å². The van der Waals surface area contributed by atoms with Crippen LogP contribution < -0.4 is 15.1 Å². The summed E-state index contributed by atoms with van der Waals surface area (Å²) in [5.41, 5.74) is 5.61. The summed E-state index contributed by atoms with van der Waals surface area (Å²) in [5.74, 6) is 0.877. The number of nitrogens with one attached hydrogen (secondary N) is 1. The number of amides is 2. The Labute approximate surface area is 236 Å². The third-order valence-electron chi connectivity index (χ3n) is 8.66. The van der Waals surface area contributed by atoms with Gasteiger partial charge in [-0.15, -0.1) is 0 Å². The number of nitrogens with zero attached hydrogens (tertiary/aromatic N) is 4. The van der Waals surface area contributed by atoms with E-state index < -0.39 is 5.41 Å². The number of carbonyl (C=O) groups is 2. The van der Waals surface area contributed by atoms with Gasteiger partial charge in [0.05, 0.1) is 17.3 Å². The molecule has 6 rings (SSSR count). The molecule has 3 unspecified atom stereocenters. The van der Waals surface area contributed by atoms with E-state index in [1.165, 1.54) is 5.56 Å². The van der Waals surface area contributed by atoms with Gasteiger partial charge in [0.25, 0.3) is 5.91 Å². The summed E-state index contributed by atoms with van der Waals surface area (Å²) in [6.07, 6.45) is 0. The summed E-state index contributed by atoms with van der Waals surface area (Å²) in [6.45, 7) is 9.21. The maximum Gasteiger partial charge on any atom is 0.258 e. The van der Waals surface area contributed by atoms with Gasteiger partial charge in [-0.25, -0.2) is 0 Å². The van der Waals surface area contributed by atoms with Crippen LogP contribution in [0.15, 0.2) is 66.7 Å². The number of carbonyl (C=O) groups excluding carboxylic acids is 2. The van der Waals surface area contributed by atoms with Crippen molar-refractivity contribution in [3.05, 3.63) is 89.0 Å². The van der Waals surface area contributed by atoms with Crippen LogP contribution in [0.4, 0.5) is 17.1 Å². The molecule has 40 heavy (non-hydrogen) atoms. The number of nitriles is 1. The van der Waals surface area contributed by atoms with Crippen LogP contribution in [0.3, 0.4) is 0 Å². The number of hydrogen-bond donors (Lipinski definition) is 1. The summed E-state index contributed by atoms with van der Waals surface area (Å²) in [4.78, 5) is 32.5. The zero-order chi connectivity index (χ0) is 28.2. The van der Waals surface area contributed by atoms with Crippen LogP contribution in [-0.4, -0.2) is 49.9 Å². The topological polar surface area (TPSA) is 79.7 Å². The Morgan fingerprint density at radius 2 is 1.55 bits per heavy atom. The number of para-hydroxylation sites is 1. The van der Waals surface area contributed by atoms with Gasteiger partial charge in [-0.2, -0.15) is 5.26 Å². The normalized spacial score (nSPS) is 22.3. The molecule has 3 aromatic rings. The minimum atomic E-state index is -0.509. The maximum absolute atomic E-state index is 13.4. The van der Waals surface area contributed by atoms with E-state index in [1.807, 2.05) is 70.3 Å². The van der Waals surface area contributed by atoms with E-state index in [9.17, 15) is 14.9 Å². The lowest BCUT2D eigenvalue weighted by Crippen LogP contribution is -2.33. The van der Waals surface area contributed by atoms with Crippen molar-refractivity contribution in [1.82, 2.24) is 4.90 Å². The number of likely N-dealkylation sites (tertiary alicyclic amines) is 1. The first kappa shape index (κ1) is 26.1. The van der Waals surface area contributed by atoms with Gasteiger partial charge < -0.3 is 15.1 Å². The van der Waals surface area contributed by atoms with Crippen molar-refractivity contribution in [2.75, 3.05) is 48.3 Å². The standard InChI is InChI=1S/C33H35N5O2/c1-33(2,3)32(40)35-24-13-14-28(21(15-24)16-34)37-17-22-19-38(20-23(22)18-37)30-25-9-5-6-10-26(25)31(39)36(4)29-12-8-7-11-27(29)30/h5-15,22-23,30H,17-20H2,1-4H3,(H,35,40). The molecule has 3 aliphatic rings. The van der Waals surface area contributed by atoms with Gasteiger partial charge in [-0.05, 0) is 53.3 Å². The van der Waals surface area contributed by atoms with Crippen molar-refractivity contribution in [3.8, 4) is 6.07 Å². The van der Waals surface area contributed by atoms with Crippen LogP contribution in [0.25, 0.3) is 0 Å². The van der Waals surface area contributed by atoms with Crippen LogP contribution in [0.1, 0.15) is 53.9 Å². The van der Waals surface area contributed by atoms with Gasteiger partial charge in [-0.1, -0.05) is 57.2 Å². The molecule has 3 aliphatic heterocycles. The maximum atomic E-state index is 13.4. The number of anilines is 3. The lowest BCUT2D eigenvalue weighted by Gasteiger charge is -2.31. The van der Waals surface area contributed by atoms with E-state index >= 15 is 0 Å². The summed E-state index contributed by atoms with van der Waals surface area (Å²) >= 11 is 0. The van der Waals surface area contributed by atoms with Crippen molar-refractivity contribution in [3.63, 3.8) is 0 Å². The van der Waals surface area contributed by atoms with E-state index in [0.29, 0.717) is 23.1 Å². The number of rotatable bonds is 3. The molecule has 0 bridgehead atoms. The van der Waals surface area contributed by atoms with Crippen LogP contribution in [-0.2, 0) is 4.79 Å². The van der Waals surface area contributed by atoms with E-state index in [1.54, 1.807) is 11.0 Å². The van der Waals surface area contributed by atoms with E-state index in [-0.39, 0.29) is 17.9 Å². The van der Waals surface area contributed by atoms with Crippen LogP contribution >= 0.6 is 0 Å². The van der Waals surface area contributed by atoms with Crippen molar-refractivity contribution in [1.29, 1.82) is 5.26 Å². The fraction of sp³-hybridized carbons (Fsp3) is 0.364. The Hall–Kier alpha value is -4.15. The Kier molecular flexibility index (Phi) is 6.39. The summed E-state index contributed by atoms with van der Waals surface area (Å²) in [5, 5.41) is 12.9. The molecule has 2 amide bonds. The second kappa shape index (κ2) is 9.79. The zero-order valence-electron chi connectivity index (χ0n) is 23.5. The Balaban J connectivity index is 1.24. The number of fused-ring (bicyclic) bond motifs is 3. The SMILES string of the molecule is CN1C(=O)c2ccccc2C(N2CC3CN(c4ccc(NC(=O)C(C)(C)C)cc4C#N)CC3C2)c2ccccc21. The fourth-order valence-corrected chi connectivity index (χ4v) is 6.54. The molecule has 0 aliphatic carbocycles. The van der Waals surface area contributed by atoms with Crippen LogP contribution in [0.5, 0.6) is 0 Å². The Morgan fingerprint density at radius 1 is 0.900 bits per heavy atom. The molecule has 7 nitrogen and oxygen atoms in total. The number of hydrogen-bond acceptors (Lipinski definition) is 5. The van der Waals surface area contributed by atoms with Crippen molar-refractivity contribution in [2.45, 2.75) is 26.8 Å². The fourth-order valence-electron chi connectivity index (χ4n) is 6.54. The first-order valence-electron chi connectivity index (χ1n) is 14.0. The van der Waals surface area contributed by atoms with Gasteiger partial charge in [-0.3, -0.25) is 14.5 Å². The molecule has 7 heteroatoms. The van der Waals surface area contributed by atoms with E-state index in [2.05, 4.69) is 39.4 Å². The predicted octanol–water partition coefficient (Wildman–Crippen LogP) is 5.29. The third kappa shape index (κ3) is 4.43. The lowest BCUT2D eigenvalue weighted by atomic mass is 9.93. The highest BCUT2D eigenvalue weighted by Gasteiger charge is 2.45. The van der Waals surface area contributed by atoms with Crippen LogP contribution in [0.2, 0.25) is 0 Å². The minimum absolute atomic E-state index is 0.0146. The highest BCUT2D eigenvalue weighted by atomic mass is 16.2. The molecule has 2 saturated heterocycles. The molecule has 204 valence electrons. The molecular formula is C33H35N5O2. The highest BCUT2D eigenvalue weighted by Crippen LogP contribution is 2.45. The van der Waals surface area contributed by atoms with Gasteiger partial charge in [0, 0.05) is 55.6 Å². The van der Waals surface area contributed by atoms with E-state index in [0.717, 1.165) is 48.7 Å². The smallest absolute Gasteiger partial charge is 0.258 e. The van der Waals surface area contributed by atoms with Crippen molar-refractivity contribution in [2.24, 2.45) is 17.3 Å². The Bertz CT molecular complexity index is 1520. The molecule has 0 spiro atoms. The zero-order valence-corrected chi connectivity index (χ0v) is 23.5. The first-order valence-corrected chi connectivity index (χ1v) is 14.0. The van der Waals surface area contributed by atoms with Crippen molar-refractivity contribution < 1.29 is 9.59 Å². The van der Waals surface area contributed by atoms with Gasteiger partial charge in [0.1, 0.15) is 6.07 Å². The highest BCUT2D eigenvalue weighted by molar-refractivity contribution is 6.08. The molecule has 1 N–H and O–H groups in total. The van der Waals surface area contributed by atoms with Gasteiger partial charge in [0.15, 0.2) is 0 Å². The average Bonchev–Trinajstić information content (AvgIpc) is 3.49. The minimum Gasteiger partial charge on any atom is -0.370 e. The molecule has 2 fully saturated rings. The second-order valence-electron chi connectivity index (χ2n) is 12.3. The summed E-state index contributed by atoms with van der Waals surface area (Å²) < 4.78 is 0. The average molecular weight is 534 g/mol. The predicted molar refractivity (Wildman–Crippen MR) is 157 cm³/mol. The molecule has 0 aromatic heterocycles. The van der Waals surface area contributed by atoms with Gasteiger partial charge >= 0.3 is 0 Å². The second-order valence-corrected chi connectivity index (χ2v) is 12.3. The first-order chi connectivity index (χ1) is 19.2. The summed E-state index contributed by atoms with van der Waals surface area (Å²) in [7, 11) is 1.86. The third-order valence-corrected chi connectivity index (χ3v) is 8.66. The molecule has 0 saturated carbocycles.